The second-order valence-corrected chi connectivity index (χ2v) is 3.95. The van der Waals surface area contributed by atoms with Crippen molar-refractivity contribution < 1.29 is 0 Å². The van der Waals surface area contributed by atoms with Crippen molar-refractivity contribution >= 4 is 11.5 Å². The fraction of sp³-hybridized carbons (Fsp3) is 0.250. The predicted molar refractivity (Wildman–Crippen MR) is 63.7 cm³/mol. The zero-order valence-corrected chi connectivity index (χ0v) is 8.96. The van der Waals surface area contributed by atoms with Crippen LogP contribution >= 0.6 is 0 Å². The highest BCUT2D eigenvalue weighted by Crippen LogP contribution is 2.22. The quantitative estimate of drug-likeness (QED) is 0.714. The van der Waals surface area contributed by atoms with Crippen molar-refractivity contribution in [2.75, 3.05) is 11.9 Å². The highest BCUT2D eigenvalue weighted by atomic mass is 15.2. The Labute approximate surface area is 94.1 Å². The van der Waals surface area contributed by atoms with E-state index in [9.17, 15) is 0 Å². The number of aromatic amines is 1. The van der Waals surface area contributed by atoms with Gasteiger partial charge in [0.1, 0.15) is 0 Å². The average Bonchev–Trinajstić information content (AvgIpc) is 2.74. The lowest BCUT2D eigenvalue weighted by Gasteiger charge is -2.13. The highest BCUT2D eigenvalue weighted by molar-refractivity contribution is 5.60. The van der Waals surface area contributed by atoms with Crippen molar-refractivity contribution in [3.8, 4) is 0 Å². The molecule has 4 nitrogen and oxygen atoms in total. The number of fused-ring (bicyclic) bond motifs is 1. The van der Waals surface area contributed by atoms with Gasteiger partial charge in [-0.3, -0.25) is 5.10 Å². The van der Waals surface area contributed by atoms with Gasteiger partial charge in [-0.15, -0.1) is 0 Å². The zero-order chi connectivity index (χ0) is 10.8. The maximum Gasteiger partial charge on any atom is 0.156 e. The van der Waals surface area contributed by atoms with E-state index in [0.717, 1.165) is 31.0 Å². The van der Waals surface area contributed by atoms with Crippen molar-refractivity contribution in [1.82, 2.24) is 15.5 Å². The molecule has 82 valence electrons. The summed E-state index contributed by atoms with van der Waals surface area (Å²) in [5.74, 6) is 0.938. The number of hydrogen-bond acceptors (Lipinski definition) is 3. The van der Waals surface area contributed by atoms with Crippen LogP contribution in [-0.2, 0) is 13.0 Å². The van der Waals surface area contributed by atoms with E-state index in [4.69, 9.17) is 0 Å². The van der Waals surface area contributed by atoms with Gasteiger partial charge in [-0.1, -0.05) is 18.2 Å². The van der Waals surface area contributed by atoms with Crippen molar-refractivity contribution in [1.29, 1.82) is 0 Å². The monoisotopic (exact) mass is 214 g/mol. The van der Waals surface area contributed by atoms with Crippen LogP contribution in [-0.4, -0.2) is 16.7 Å². The maximum absolute atomic E-state index is 4.32. The summed E-state index contributed by atoms with van der Waals surface area (Å²) in [6.45, 7) is 1.92. The van der Waals surface area contributed by atoms with Gasteiger partial charge >= 0.3 is 0 Å². The largest absolute Gasteiger partial charge is 0.338 e. The molecule has 0 atom stereocenters. The van der Waals surface area contributed by atoms with Crippen molar-refractivity contribution in [2.45, 2.75) is 13.0 Å². The third-order valence-electron chi connectivity index (χ3n) is 2.84. The van der Waals surface area contributed by atoms with Gasteiger partial charge in [-0.25, -0.2) is 0 Å². The number of nitrogens with one attached hydrogen (secondary N) is 3. The van der Waals surface area contributed by atoms with Crippen LogP contribution in [0.15, 0.2) is 30.3 Å². The van der Waals surface area contributed by atoms with Gasteiger partial charge < -0.3 is 10.6 Å². The molecule has 1 aromatic heterocycles. The molecule has 3 N–H and O–H groups in total. The van der Waals surface area contributed by atoms with E-state index in [2.05, 4.69) is 20.8 Å². The van der Waals surface area contributed by atoms with E-state index in [0.29, 0.717) is 0 Å². The Morgan fingerprint density at radius 2 is 2.06 bits per heavy atom. The number of nitrogens with zero attached hydrogens (tertiary/aromatic N) is 1. The first-order chi connectivity index (χ1) is 7.93. The van der Waals surface area contributed by atoms with Crippen molar-refractivity contribution in [2.24, 2.45) is 0 Å². The molecule has 1 aromatic carbocycles. The molecule has 2 aromatic rings. The number of hydrogen-bond donors (Lipinski definition) is 3. The molecule has 0 radical (unpaired) electrons. The van der Waals surface area contributed by atoms with Crippen molar-refractivity contribution in [3.05, 3.63) is 41.6 Å². The van der Waals surface area contributed by atoms with Crippen LogP contribution < -0.4 is 10.6 Å². The lowest BCUT2D eigenvalue weighted by Crippen LogP contribution is -2.23. The van der Waals surface area contributed by atoms with E-state index in [1.165, 1.54) is 11.3 Å². The Morgan fingerprint density at radius 1 is 1.19 bits per heavy atom. The Kier molecular flexibility index (Phi) is 2.34. The Hall–Kier alpha value is -1.81. The van der Waals surface area contributed by atoms with E-state index in [1.807, 2.05) is 30.3 Å². The maximum atomic E-state index is 4.32. The number of H-pyrrole nitrogens is 1. The molecule has 0 saturated carbocycles. The molecule has 0 saturated heterocycles. The summed E-state index contributed by atoms with van der Waals surface area (Å²) in [6, 6.07) is 10.1. The predicted octanol–water partition coefficient (Wildman–Crippen LogP) is 1.80. The minimum absolute atomic E-state index is 0.890. The topological polar surface area (TPSA) is 52.7 Å². The number of para-hydroxylation sites is 1. The first kappa shape index (κ1) is 9.42. The first-order valence-corrected chi connectivity index (χ1v) is 5.52. The molecule has 16 heavy (non-hydrogen) atoms. The third-order valence-corrected chi connectivity index (χ3v) is 2.84. The fourth-order valence-corrected chi connectivity index (χ4v) is 1.99. The molecule has 0 bridgehead atoms. The minimum atomic E-state index is 0.890. The van der Waals surface area contributed by atoms with E-state index in [-0.39, 0.29) is 0 Å². The number of benzene rings is 1. The normalized spacial score (nSPS) is 14.5. The van der Waals surface area contributed by atoms with Gasteiger partial charge in [0.05, 0.1) is 0 Å². The fourth-order valence-electron chi connectivity index (χ4n) is 1.99. The second-order valence-electron chi connectivity index (χ2n) is 3.95. The molecule has 1 aliphatic rings. The van der Waals surface area contributed by atoms with Crippen LogP contribution in [0.1, 0.15) is 11.3 Å². The average molecular weight is 214 g/mol. The molecule has 0 spiro atoms. The van der Waals surface area contributed by atoms with E-state index >= 15 is 0 Å². The zero-order valence-electron chi connectivity index (χ0n) is 8.96. The third kappa shape index (κ3) is 1.67. The number of aromatic nitrogens is 2. The highest BCUT2D eigenvalue weighted by Gasteiger charge is 2.16. The van der Waals surface area contributed by atoms with Gasteiger partial charge in [0, 0.05) is 36.5 Å². The standard InChI is InChI=1S/C12H14N4/c1-2-4-9(5-3-1)14-12-10-8-13-7-6-11(10)15-16-12/h1-5,13H,6-8H2,(H2,14,15,16). The van der Waals surface area contributed by atoms with Crippen LogP contribution in [0.2, 0.25) is 0 Å². The van der Waals surface area contributed by atoms with E-state index in [1.54, 1.807) is 0 Å². The molecular weight excluding hydrogens is 200 g/mol. The molecule has 0 unspecified atom stereocenters. The van der Waals surface area contributed by atoms with Gasteiger partial charge in [0.2, 0.25) is 0 Å². The van der Waals surface area contributed by atoms with Crippen LogP contribution in [0, 0.1) is 0 Å². The Balaban J connectivity index is 1.88. The molecule has 0 aliphatic carbocycles. The molecule has 0 amide bonds. The first-order valence-electron chi connectivity index (χ1n) is 5.52. The summed E-state index contributed by atoms with van der Waals surface area (Å²) in [4.78, 5) is 0. The van der Waals surface area contributed by atoms with Gasteiger partial charge in [0.15, 0.2) is 5.82 Å². The summed E-state index contributed by atoms with van der Waals surface area (Å²) in [7, 11) is 0. The van der Waals surface area contributed by atoms with Gasteiger partial charge in [-0.2, -0.15) is 5.10 Å². The van der Waals surface area contributed by atoms with Crippen LogP contribution in [0.3, 0.4) is 0 Å². The molecular formula is C12H14N4. The summed E-state index contributed by atoms with van der Waals surface area (Å²) in [5, 5.41) is 14.1. The summed E-state index contributed by atoms with van der Waals surface area (Å²) < 4.78 is 0. The second kappa shape index (κ2) is 3.98. The van der Waals surface area contributed by atoms with Gasteiger partial charge in [-0.05, 0) is 12.1 Å². The van der Waals surface area contributed by atoms with Crippen molar-refractivity contribution in [3.63, 3.8) is 0 Å². The molecule has 3 rings (SSSR count). The minimum Gasteiger partial charge on any atom is -0.338 e. The summed E-state index contributed by atoms with van der Waals surface area (Å²) in [5.41, 5.74) is 3.58. The molecule has 1 aliphatic heterocycles. The Bertz CT molecular complexity index is 475. The molecule has 4 heteroatoms. The number of anilines is 2. The van der Waals surface area contributed by atoms with E-state index < -0.39 is 0 Å². The summed E-state index contributed by atoms with van der Waals surface area (Å²) >= 11 is 0. The molecule has 0 fully saturated rings. The molecule has 2 heterocycles. The summed E-state index contributed by atoms with van der Waals surface area (Å²) in [6.07, 6.45) is 1.03. The number of rotatable bonds is 2. The van der Waals surface area contributed by atoms with Crippen LogP contribution in [0.5, 0.6) is 0 Å². The smallest absolute Gasteiger partial charge is 0.156 e. The lowest BCUT2D eigenvalue weighted by molar-refractivity contribution is 0.637. The lowest BCUT2D eigenvalue weighted by atomic mass is 10.1. The SMILES string of the molecule is c1ccc(Nc2n[nH]c3c2CNCC3)cc1. The Morgan fingerprint density at radius 3 is 2.94 bits per heavy atom. The van der Waals surface area contributed by atoms with Crippen LogP contribution in [0.25, 0.3) is 0 Å². The van der Waals surface area contributed by atoms with Crippen LogP contribution in [0.4, 0.5) is 11.5 Å². The van der Waals surface area contributed by atoms with Gasteiger partial charge in [0.25, 0.3) is 0 Å².